The van der Waals surface area contributed by atoms with E-state index in [0.29, 0.717) is 28.3 Å². The minimum Gasteiger partial charge on any atom is -0.317 e. The molecule has 0 radical (unpaired) electrons. The van der Waals surface area contributed by atoms with Crippen LogP contribution in [0.1, 0.15) is 45.1 Å². The first-order valence-electron chi connectivity index (χ1n) is 10.8. The molecular weight excluding hydrogens is 417 g/mol. The van der Waals surface area contributed by atoms with Crippen LogP contribution in [0.15, 0.2) is 48.5 Å². The van der Waals surface area contributed by atoms with Gasteiger partial charge in [-0.05, 0) is 49.9 Å². The highest BCUT2D eigenvalue weighted by atomic mass is 35.5. The smallest absolute Gasteiger partial charge is 0.317 e. The van der Waals surface area contributed by atoms with E-state index in [1.54, 1.807) is 18.2 Å². The number of carbonyl (C=O) groups excluding carboxylic acids is 1. The van der Waals surface area contributed by atoms with Gasteiger partial charge in [-0.15, -0.1) is 0 Å². The Morgan fingerprint density at radius 1 is 1.17 bits per heavy atom. The topological polar surface area (TPSA) is 35.6 Å². The minimum atomic E-state index is -0.136. The molecule has 1 atom stereocenters. The number of piperidine rings is 1. The van der Waals surface area contributed by atoms with Gasteiger partial charge in [0.15, 0.2) is 0 Å². The maximum atomic E-state index is 13.3. The summed E-state index contributed by atoms with van der Waals surface area (Å²) in [4.78, 5) is 17.8. The lowest BCUT2D eigenvalue weighted by atomic mass is 10.00. The number of halogens is 2. The van der Waals surface area contributed by atoms with Gasteiger partial charge in [0, 0.05) is 36.7 Å². The fourth-order valence-electron chi connectivity index (χ4n) is 4.17. The van der Waals surface area contributed by atoms with E-state index < -0.39 is 0 Å². The Bertz CT molecular complexity index is 822. The Labute approximate surface area is 190 Å². The summed E-state index contributed by atoms with van der Waals surface area (Å²) in [5, 5.41) is 4.01. The Morgan fingerprint density at radius 2 is 1.87 bits per heavy atom. The van der Waals surface area contributed by atoms with E-state index >= 15 is 0 Å². The molecule has 0 aliphatic carbocycles. The van der Waals surface area contributed by atoms with Crippen molar-refractivity contribution in [2.45, 2.75) is 58.2 Å². The molecular formula is C24H31Cl2N3O. The molecule has 0 saturated carbocycles. The predicted molar refractivity (Wildman–Crippen MR) is 126 cm³/mol. The quantitative estimate of drug-likeness (QED) is 0.513. The summed E-state index contributed by atoms with van der Waals surface area (Å²) >= 11 is 12.4. The highest BCUT2D eigenvalue weighted by Gasteiger charge is 2.29. The van der Waals surface area contributed by atoms with Crippen LogP contribution in [0.4, 0.5) is 10.5 Å². The number of hydrogen-bond acceptors (Lipinski definition) is 2. The molecule has 1 unspecified atom stereocenters. The molecule has 2 aromatic carbocycles. The lowest BCUT2D eigenvalue weighted by molar-refractivity contribution is 0.0989. The third kappa shape index (κ3) is 6.13. The monoisotopic (exact) mass is 447 g/mol. The van der Waals surface area contributed by atoms with Crippen molar-refractivity contribution >= 4 is 34.9 Å². The number of carbonyl (C=O) groups is 1. The summed E-state index contributed by atoms with van der Waals surface area (Å²) in [6.07, 6.45) is 4.35. The molecule has 30 heavy (non-hydrogen) atoms. The standard InChI is InChI=1S/C24H31Cl2N3O/c1-3-7-18(2)28-14-12-21(13-15-28)29(17-19-8-5-4-6-9-19)24(30)27-23-16-20(25)10-11-22(23)26/h4-6,8-11,16,18,21H,3,7,12-15,17H2,1-2H3,(H,27,30). The third-order valence-corrected chi connectivity index (χ3v) is 6.46. The largest absolute Gasteiger partial charge is 0.322 e. The SMILES string of the molecule is CCCC(C)N1CCC(N(Cc2ccccc2)C(=O)Nc2cc(Cl)ccc2Cl)CC1. The fraction of sp³-hybridized carbons (Fsp3) is 0.458. The third-order valence-electron chi connectivity index (χ3n) is 5.90. The first-order chi connectivity index (χ1) is 14.5. The molecule has 1 heterocycles. The lowest BCUT2D eigenvalue weighted by Crippen LogP contribution is -2.50. The average Bonchev–Trinajstić information content (AvgIpc) is 2.75. The van der Waals surface area contributed by atoms with Gasteiger partial charge in [-0.25, -0.2) is 4.79 Å². The van der Waals surface area contributed by atoms with E-state index in [-0.39, 0.29) is 12.1 Å². The summed E-state index contributed by atoms with van der Waals surface area (Å²) in [5.41, 5.74) is 1.66. The molecule has 162 valence electrons. The van der Waals surface area contributed by atoms with Gasteiger partial charge in [-0.3, -0.25) is 0 Å². The van der Waals surface area contributed by atoms with Gasteiger partial charge in [-0.2, -0.15) is 0 Å². The Morgan fingerprint density at radius 3 is 2.53 bits per heavy atom. The maximum absolute atomic E-state index is 13.3. The lowest BCUT2D eigenvalue weighted by Gasteiger charge is -2.40. The van der Waals surface area contributed by atoms with Crippen LogP contribution in [0, 0.1) is 0 Å². The van der Waals surface area contributed by atoms with Crippen molar-refractivity contribution in [1.82, 2.24) is 9.80 Å². The molecule has 2 amide bonds. The van der Waals surface area contributed by atoms with E-state index in [9.17, 15) is 4.79 Å². The van der Waals surface area contributed by atoms with Crippen molar-refractivity contribution < 1.29 is 4.79 Å². The average molecular weight is 448 g/mol. The number of rotatable bonds is 7. The molecule has 0 spiro atoms. The van der Waals surface area contributed by atoms with Crippen molar-refractivity contribution in [2.24, 2.45) is 0 Å². The molecule has 2 aromatic rings. The van der Waals surface area contributed by atoms with Crippen LogP contribution in [-0.2, 0) is 6.54 Å². The summed E-state index contributed by atoms with van der Waals surface area (Å²) in [5.74, 6) is 0. The Kier molecular flexibility index (Phi) is 8.43. The Balaban J connectivity index is 1.74. The maximum Gasteiger partial charge on any atom is 0.322 e. The van der Waals surface area contributed by atoms with Gasteiger partial charge in [0.2, 0.25) is 0 Å². The van der Waals surface area contributed by atoms with Gasteiger partial charge in [-0.1, -0.05) is 66.9 Å². The Hall–Kier alpha value is -1.75. The van der Waals surface area contributed by atoms with E-state index in [1.165, 1.54) is 12.8 Å². The number of hydrogen-bond donors (Lipinski definition) is 1. The number of benzene rings is 2. The molecule has 3 rings (SSSR count). The van der Waals surface area contributed by atoms with E-state index in [1.807, 2.05) is 23.1 Å². The van der Waals surface area contributed by atoms with Gasteiger partial charge >= 0.3 is 6.03 Å². The number of urea groups is 1. The summed E-state index contributed by atoms with van der Waals surface area (Å²) in [6, 6.07) is 15.9. The normalized spacial score (nSPS) is 16.3. The van der Waals surface area contributed by atoms with Crippen LogP contribution in [-0.4, -0.2) is 41.0 Å². The van der Waals surface area contributed by atoms with Crippen molar-refractivity contribution in [2.75, 3.05) is 18.4 Å². The zero-order valence-electron chi connectivity index (χ0n) is 17.8. The number of nitrogens with one attached hydrogen (secondary N) is 1. The second kappa shape index (κ2) is 11.0. The van der Waals surface area contributed by atoms with Crippen molar-refractivity contribution in [3.8, 4) is 0 Å². The molecule has 6 heteroatoms. The van der Waals surface area contributed by atoms with Crippen molar-refractivity contribution in [3.05, 3.63) is 64.1 Å². The number of nitrogens with zero attached hydrogens (tertiary/aromatic N) is 2. The molecule has 1 saturated heterocycles. The zero-order valence-corrected chi connectivity index (χ0v) is 19.3. The predicted octanol–water partition coefficient (Wildman–Crippen LogP) is 6.68. The van der Waals surface area contributed by atoms with Gasteiger partial charge in [0.1, 0.15) is 0 Å². The zero-order chi connectivity index (χ0) is 21.5. The van der Waals surface area contributed by atoms with Crippen molar-refractivity contribution in [3.63, 3.8) is 0 Å². The molecule has 1 aliphatic heterocycles. The van der Waals surface area contributed by atoms with Crippen LogP contribution in [0.5, 0.6) is 0 Å². The fourth-order valence-corrected chi connectivity index (χ4v) is 4.50. The molecule has 0 bridgehead atoms. The minimum absolute atomic E-state index is 0.136. The molecule has 1 aliphatic rings. The molecule has 1 fully saturated rings. The first-order valence-corrected chi connectivity index (χ1v) is 11.5. The summed E-state index contributed by atoms with van der Waals surface area (Å²) in [7, 11) is 0. The highest BCUT2D eigenvalue weighted by molar-refractivity contribution is 6.35. The van der Waals surface area contributed by atoms with E-state index in [2.05, 4.69) is 36.2 Å². The van der Waals surface area contributed by atoms with Gasteiger partial charge < -0.3 is 15.1 Å². The molecule has 0 aromatic heterocycles. The van der Waals surface area contributed by atoms with E-state index in [0.717, 1.165) is 31.5 Å². The van der Waals surface area contributed by atoms with Crippen LogP contribution >= 0.6 is 23.2 Å². The number of amides is 2. The summed E-state index contributed by atoms with van der Waals surface area (Å²) < 4.78 is 0. The molecule has 4 nitrogen and oxygen atoms in total. The van der Waals surface area contributed by atoms with Crippen LogP contribution in [0.2, 0.25) is 10.0 Å². The first kappa shape index (κ1) is 22.9. The van der Waals surface area contributed by atoms with Crippen LogP contribution < -0.4 is 5.32 Å². The second-order valence-electron chi connectivity index (χ2n) is 8.07. The number of likely N-dealkylation sites (tertiary alicyclic amines) is 1. The van der Waals surface area contributed by atoms with Crippen LogP contribution in [0.3, 0.4) is 0 Å². The highest BCUT2D eigenvalue weighted by Crippen LogP contribution is 2.27. The summed E-state index contributed by atoms with van der Waals surface area (Å²) in [6.45, 7) is 7.14. The van der Waals surface area contributed by atoms with Gasteiger partial charge in [0.05, 0.1) is 10.7 Å². The van der Waals surface area contributed by atoms with E-state index in [4.69, 9.17) is 23.2 Å². The second-order valence-corrected chi connectivity index (χ2v) is 8.92. The molecule has 1 N–H and O–H groups in total. The van der Waals surface area contributed by atoms with Gasteiger partial charge in [0.25, 0.3) is 0 Å². The van der Waals surface area contributed by atoms with Crippen molar-refractivity contribution in [1.29, 1.82) is 0 Å². The number of anilines is 1. The van der Waals surface area contributed by atoms with Crippen LogP contribution in [0.25, 0.3) is 0 Å².